The van der Waals surface area contributed by atoms with Crippen LogP contribution < -0.4 is 0 Å². The van der Waals surface area contributed by atoms with Gasteiger partial charge in [0, 0.05) is 22.6 Å². The minimum Gasteiger partial charge on any atom is -0.270 e. The number of aromatic nitrogens is 3. The van der Waals surface area contributed by atoms with Crippen molar-refractivity contribution in [1.29, 1.82) is 0 Å². The lowest BCUT2D eigenvalue weighted by atomic mass is 10.2. The van der Waals surface area contributed by atoms with E-state index in [4.69, 9.17) is 11.6 Å². The summed E-state index contributed by atoms with van der Waals surface area (Å²) >= 11 is 7.57. The molecule has 3 aromatic carbocycles. The quantitative estimate of drug-likeness (QED) is 0.367. The summed E-state index contributed by atoms with van der Waals surface area (Å²) in [4.78, 5) is 0. The van der Waals surface area contributed by atoms with Crippen LogP contribution in [-0.4, -0.2) is 14.8 Å². The predicted molar refractivity (Wildman–Crippen MR) is 108 cm³/mol. The van der Waals surface area contributed by atoms with Gasteiger partial charge in [0.05, 0.1) is 5.02 Å². The minimum absolute atomic E-state index is 0.00871. The molecule has 0 atom stereocenters. The molecule has 1 heterocycles. The Morgan fingerprint density at radius 1 is 0.821 bits per heavy atom. The number of hydrogen-bond donors (Lipinski definition) is 0. The standard InChI is InChI=1S/C21H14ClF2N3S/c22-17-10-5-4-9-15(17)20-25-26-21(27(20)14-7-2-1-3-8-14)28-13-16-18(23)11-6-12-19(16)24/h1-12H,13H2. The summed E-state index contributed by atoms with van der Waals surface area (Å²) in [6, 6.07) is 20.7. The molecular weight excluding hydrogens is 400 g/mol. The molecule has 140 valence electrons. The fourth-order valence-electron chi connectivity index (χ4n) is 2.80. The second-order valence-corrected chi connectivity index (χ2v) is 7.30. The van der Waals surface area contributed by atoms with E-state index in [0.29, 0.717) is 16.0 Å². The fraction of sp³-hybridized carbons (Fsp3) is 0.0476. The van der Waals surface area contributed by atoms with Gasteiger partial charge in [-0.15, -0.1) is 10.2 Å². The van der Waals surface area contributed by atoms with E-state index in [2.05, 4.69) is 10.2 Å². The molecule has 0 N–H and O–H groups in total. The summed E-state index contributed by atoms with van der Waals surface area (Å²) in [5.74, 6) is -0.506. The molecule has 0 bridgehead atoms. The molecule has 0 fully saturated rings. The minimum atomic E-state index is -0.579. The van der Waals surface area contributed by atoms with Crippen molar-refractivity contribution in [3.8, 4) is 17.1 Å². The van der Waals surface area contributed by atoms with Crippen LogP contribution in [0.3, 0.4) is 0 Å². The van der Waals surface area contributed by atoms with Crippen LogP contribution in [0.25, 0.3) is 17.1 Å². The van der Waals surface area contributed by atoms with Crippen LogP contribution in [0.2, 0.25) is 5.02 Å². The Bertz CT molecular complexity index is 1100. The van der Waals surface area contributed by atoms with Gasteiger partial charge in [-0.1, -0.05) is 59.8 Å². The van der Waals surface area contributed by atoms with Crippen LogP contribution in [0.1, 0.15) is 5.56 Å². The van der Waals surface area contributed by atoms with Gasteiger partial charge in [0.2, 0.25) is 0 Å². The van der Waals surface area contributed by atoms with E-state index in [1.54, 1.807) is 6.07 Å². The molecule has 0 spiro atoms. The van der Waals surface area contributed by atoms with Crippen LogP contribution in [0, 0.1) is 11.6 Å². The van der Waals surface area contributed by atoms with Gasteiger partial charge in [0.1, 0.15) is 11.6 Å². The molecule has 0 amide bonds. The average molecular weight is 414 g/mol. The van der Waals surface area contributed by atoms with Crippen LogP contribution in [0.5, 0.6) is 0 Å². The lowest BCUT2D eigenvalue weighted by Crippen LogP contribution is -2.00. The summed E-state index contributed by atoms with van der Waals surface area (Å²) < 4.78 is 29.8. The second kappa shape index (κ2) is 8.12. The van der Waals surface area contributed by atoms with E-state index in [1.807, 2.05) is 53.1 Å². The fourth-order valence-corrected chi connectivity index (χ4v) is 3.99. The number of halogens is 3. The van der Waals surface area contributed by atoms with Crippen molar-refractivity contribution < 1.29 is 8.78 Å². The zero-order chi connectivity index (χ0) is 19.5. The Hall–Kier alpha value is -2.70. The molecule has 4 aromatic rings. The third kappa shape index (κ3) is 3.66. The number of rotatable bonds is 5. The topological polar surface area (TPSA) is 30.7 Å². The Labute approximate surface area is 170 Å². The highest BCUT2D eigenvalue weighted by Crippen LogP contribution is 2.33. The maximum absolute atomic E-state index is 14.0. The van der Waals surface area contributed by atoms with Gasteiger partial charge in [0.15, 0.2) is 11.0 Å². The van der Waals surface area contributed by atoms with Gasteiger partial charge < -0.3 is 0 Å². The molecule has 0 unspecified atom stereocenters. The number of nitrogens with zero attached hydrogens (tertiary/aromatic N) is 3. The summed E-state index contributed by atoms with van der Waals surface area (Å²) in [5.41, 5.74) is 1.57. The van der Waals surface area contributed by atoms with Crippen LogP contribution >= 0.6 is 23.4 Å². The Balaban J connectivity index is 1.77. The van der Waals surface area contributed by atoms with Crippen molar-refractivity contribution in [1.82, 2.24) is 14.8 Å². The van der Waals surface area contributed by atoms with Gasteiger partial charge in [-0.3, -0.25) is 4.57 Å². The van der Waals surface area contributed by atoms with Gasteiger partial charge in [-0.2, -0.15) is 0 Å². The molecule has 7 heteroatoms. The highest BCUT2D eigenvalue weighted by atomic mass is 35.5. The molecule has 3 nitrogen and oxygen atoms in total. The Kier molecular flexibility index (Phi) is 5.41. The molecule has 0 aliphatic carbocycles. The molecule has 1 aromatic heterocycles. The number of benzene rings is 3. The first-order valence-corrected chi connectivity index (χ1v) is 9.83. The van der Waals surface area contributed by atoms with Crippen LogP contribution in [0.15, 0.2) is 78.0 Å². The molecule has 4 rings (SSSR count). The van der Waals surface area contributed by atoms with Crippen LogP contribution in [0.4, 0.5) is 8.78 Å². The lowest BCUT2D eigenvalue weighted by molar-refractivity contribution is 0.566. The molecule has 0 aliphatic rings. The Morgan fingerprint density at radius 3 is 2.21 bits per heavy atom. The first-order valence-electron chi connectivity index (χ1n) is 8.46. The Morgan fingerprint density at radius 2 is 1.50 bits per heavy atom. The third-order valence-electron chi connectivity index (χ3n) is 4.17. The largest absolute Gasteiger partial charge is 0.270 e. The van der Waals surface area contributed by atoms with E-state index >= 15 is 0 Å². The van der Waals surface area contributed by atoms with E-state index in [-0.39, 0.29) is 11.3 Å². The molecule has 0 saturated heterocycles. The van der Waals surface area contributed by atoms with Gasteiger partial charge in [0.25, 0.3) is 0 Å². The second-order valence-electron chi connectivity index (χ2n) is 5.95. The highest BCUT2D eigenvalue weighted by Gasteiger charge is 2.19. The van der Waals surface area contributed by atoms with E-state index in [1.165, 1.54) is 30.0 Å². The summed E-state index contributed by atoms with van der Waals surface area (Å²) in [6.45, 7) is 0. The van der Waals surface area contributed by atoms with Gasteiger partial charge >= 0.3 is 0 Å². The SMILES string of the molecule is Fc1cccc(F)c1CSc1nnc(-c2ccccc2Cl)n1-c1ccccc1. The zero-order valence-electron chi connectivity index (χ0n) is 14.5. The maximum atomic E-state index is 14.0. The third-order valence-corrected chi connectivity index (χ3v) is 5.45. The first-order chi connectivity index (χ1) is 13.6. The van der Waals surface area contributed by atoms with Crippen molar-refractivity contribution in [3.05, 3.63) is 95.0 Å². The smallest absolute Gasteiger partial charge is 0.196 e. The zero-order valence-corrected chi connectivity index (χ0v) is 16.1. The van der Waals surface area contributed by atoms with Crippen molar-refractivity contribution >= 4 is 23.4 Å². The van der Waals surface area contributed by atoms with E-state index < -0.39 is 11.6 Å². The molecular formula is C21H14ClF2N3S. The monoisotopic (exact) mass is 413 g/mol. The summed E-state index contributed by atoms with van der Waals surface area (Å²) in [7, 11) is 0. The van der Waals surface area contributed by atoms with Crippen LogP contribution in [-0.2, 0) is 5.75 Å². The van der Waals surface area contributed by atoms with Crippen molar-refractivity contribution in [2.45, 2.75) is 10.9 Å². The van der Waals surface area contributed by atoms with Crippen molar-refractivity contribution in [2.24, 2.45) is 0 Å². The molecule has 0 aliphatic heterocycles. The molecule has 28 heavy (non-hydrogen) atoms. The van der Waals surface area contributed by atoms with Crippen molar-refractivity contribution in [2.75, 3.05) is 0 Å². The summed E-state index contributed by atoms with van der Waals surface area (Å²) in [5, 5.41) is 9.62. The van der Waals surface area contributed by atoms with Gasteiger partial charge in [-0.05, 0) is 36.4 Å². The van der Waals surface area contributed by atoms with Crippen molar-refractivity contribution in [3.63, 3.8) is 0 Å². The highest BCUT2D eigenvalue weighted by molar-refractivity contribution is 7.98. The average Bonchev–Trinajstić information content (AvgIpc) is 3.12. The lowest BCUT2D eigenvalue weighted by Gasteiger charge is -2.11. The predicted octanol–water partition coefficient (Wildman–Crippen LogP) is 6.16. The molecule has 0 saturated carbocycles. The maximum Gasteiger partial charge on any atom is 0.196 e. The number of hydrogen-bond acceptors (Lipinski definition) is 3. The number of thioether (sulfide) groups is 1. The first kappa shape index (κ1) is 18.7. The molecule has 0 radical (unpaired) electrons. The number of para-hydroxylation sites is 1. The summed E-state index contributed by atoms with van der Waals surface area (Å²) in [6.07, 6.45) is 0. The normalized spacial score (nSPS) is 11.0. The van der Waals surface area contributed by atoms with E-state index in [9.17, 15) is 8.78 Å². The van der Waals surface area contributed by atoms with E-state index in [0.717, 1.165) is 11.3 Å². The van der Waals surface area contributed by atoms with Gasteiger partial charge in [-0.25, -0.2) is 8.78 Å².